The van der Waals surface area contributed by atoms with E-state index < -0.39 is 0 Å². The monoisotopic (exact) mass is 363 g/mol. The summed E-state index contributed by atoms with van der Waals surface area (Å²) < 4.78 is 5.18. The summed E-state index contributed by atoms with van der Waals surface area (Å²) >= 11 is 0. The molecule has 0 aliphatic carbocycles. The Morgan fingerprint density at radius 1 is 0.963 bits per heavy atom. The van der Waals surface area contributed by atoms with E-state index in [0.717, 1.165) is 11.3 Å². The Bertz CT molecular complexity index is 933. The van der Waals surface area contributed by atoms with E-state index in [9.17, 15) is 9.59 Å². The topological polar surface area (TPSA) is 84.2 Å². The van der Waals surface area contributed by atoms with Crippen molar-refractivity contribution in [2.24, 2.45) is 0 Å². The smallest absolute Gasteiger partial charge is 0.274 e. The highest BCUT2D eigenvalue weighted by molar-refractivity contribution is 6.04. The molecule has 2 amide bonds. The zero-order chi connectivity index (χ0) is 19.2. The lowest BCUT2D eigenvalue weighted by molar-refractivity contribution is 0.0943. The second kappa shape index (κ2) is 8.31. The number of amides is 2. The van der Waals surface area contributed by atoms with Crippen molar-refractivity contribution in [1.29, 1.82) is 0 Å². The largest absolute Gasteiger partial charge is 0.467 e. The SMILES string of the molecule is CC(C)c1ccccc1NC(=O)c1cccc(C(=O)NCc2ccco2)n1. The van der Waals surface area contributed by atoms with E-state index >= 15 is 0 Å². The maximum absolute atomic E-state index is 12.6. The fourth-order valence-electron chi connectivity index (χ4n) is 2.66. The molecule has 1 aromatic carbocycles. The van der Waals surface area contributed by atoms with Gasteiger partial charge in [-0.3, -0.25) is 9.59 Å². The number of aromatic nitrogens is 1. The third-order valence-corrected chi connectivity index (χ3v) is 4.05. The molecule has 0 bridgehead atoms. The molecule has 6 heteroatoms. The number of anilines is 1. The molecule has 138 valence electrons. The number of furan rings is 1. The van der Waals surface area contributed by atoms with Crippen LogP contribution in [0.2, 0.25) is 0 Å². The van der Waals surface area contributed by atoms with Gasteiger partial charge < -0.3 is 15.1 Å². The Morgan fingerprint density at radius 3 is 2.41 bits per heavy atom. The fraction of sp³-hybridized carbons (Fsp3) is 0.190. The van der Waals surface area contributed by atoms with Crippen LogP contribution in [0.5, 0.6) is 0 Å². The standard InChI is InChI=1S/C21H21N3O3/c1-14(2)16-8-3-4-9-17(16)24-21(26)19-11-5-10-18(23-19)20(25)22-13-15-7-6-12-27-15/h3-12,14H,13H2,1-2H3,(H,22,25)(H,24,26). The Labute approximate surface area is 157 Å². The number of para-hydroxylation sites is 1. The summed E-state index contributed by atoms with van der Waals surface area (Å²) in [5.74, 6) is 0.183. The van der Waals surface area contributed by atoms with Gasteiger partial charge in [0.2, 0.25) is 0 Å². The summed E-state index contributed by atoms with van der Waals surface area (Å²) in [6.07, 6.45) is 1.54. The number of pyridine rings is 1. The predicted octanol–water partition coefficient (Wildman–Crippen LogP) is 3.98. The van der Waals surface area contributed by atoms with Crippen LogP contribution in [-0.2, 0) is 6.54 Å². The van der Waals surface area contributed by atoms with E-state index in [0.29, 0.717) is 5.76 Å². The average Bonchev–Trinajstić information content (AvgIpc) is 3.20. The molecule has 3 aromatic rings. The Morgan fingerprint density at radius 2 is 1.70 bits per heavy atom. The van der Waals surface area contributed by atoms with E-state index in [1.807, 2.05) is 24.3 Å². The highest BCUT2D eigenvalue weighted by Gasteiger charge is 2.14. The van der Waals surface area contributed by atoms with Crippen molar-refractivity contribution in [3.63, 3.8) is 0 Å². The second-order valence-electron chi connectivity index (χ2n) is 6.37. The number of nitrogens with one attached hydrogen (secondary N) is 2. The number of carbonyl (C=O) groups excluding carboxylic acids is 2. The predicted molar refractivity (Wildman–Crippen MR) is 103 cm³/mol. The molecule has 0 fully saturated rings. The van der Waals surface area contributed by atoms with Crippen LogP contribution in [-0.4, -0.2) is 16.8 Å². The van der Waals surface area contributed by atoms with E-state index in [1.54, 1.807) is 36.6 Å². The fourth-order valence-corrected chi connectivity index (χ4v) is 2.66. The number of carbonyl (C=O) groups is 2. The molecule has 2 aromatic heterocycles. The van der Waals surface area contributed by atoms with Gasteiger partial charge in [0.15, 0.2) is 0 Å². The van der Waals surface area contributed by atoms with Gasteiger partial charge in [0.25, 0.3) is 11.8 Å². The molecule has 0 spiro atoms. The van der Waals surface area contributed by atoms with Crippen LogP contribution in [0, 0.1) is 0 Å². The van der Waals surface area contributed by atoms with Crippen molar-refractivity contribution < 1.29 is 14.0 Å². The molecule has 0 aliphatic heterocycles. The summed E-state index contributed by atoms with van der Waals surface area (Å²) in [6.45, 7) is 4.38. The van der Waals surface area contributed by atoms with Crippen LogP contribution in [0.4, 0.5) is 5.69 Å². The van der Waals surface area contributed by atoms with Gasteiger partial charge in [-0.1, -0.05) is 38.1 Å². The molecule has 0 atom stereocenters. The highest BCUT2D eigenvalue weighted by Crippen LogP contribution is 2.24. The number of benzene rings is 1. The van der Waals surface area contributed by atoms with Crippen LogP contribution in [0.15, 0.2) is 65.3 Å². The maximum atomic E-state index is 12.6. The van der Waals surface area contributed by atoms with E-state index in [2.05, 4.69) is 29.5 Å². The van der Waals surface area contributed by atoms with Gasteiger partial charge >= 0.3 is 0 Å². The summed E-state index contributed by atoms with van der Waals surface area (Å²) in [4.78, 5) is 29.0. The van der Waals surface area contributed by atoms with Crippen molar-refractivity contribution in [1.82, 2.24) is 10.3 Å². The second-order valence-corrected chi connectivity index (χ2v) is 6.37. The average molecular weight is 363 g/mol. The Kier molecular flexibility index (Phi) is 5.66. The van der Waals surface area contributed by atoms with Crippen LogP contribution >= 0.6 is 0 Å². The molecule has 6 nitrogen and oxygen atoms in total. The van der Waals surface area contributed by atoms with Crippen LogP contribution in [0.1, 0.15) is 52.1 Å². The summed E-state index contributed by atoms with van der Waals surface area (Å²) in [7, 11) is 0. The van der Waals surface area contributed by atoms with Gasteiger partial charge in [-0.15, -0.1) is 0 Å². The minimum Gasteiger partial charge on any atom is -0.467 e. The molecule has 0 saturated heterocycles. The first-order valence-corrected chi connectivity index (χ1v) is 8.72. The molecule has 0 saturated carbocycles. The third kappa shape index (κ3) is 4.61. The van der Waals surface area contributed by atoms with Gasteiger partial charge in [0.05, 0.1) is 12.8 Å². The summed E-state index contributed by atoms with van der Waals surface area (Å²) in [6, 6.07) is 15.9. The normalized spacial score (nSPS) is 10.6. The zero-order valence-corrected chi connectivity index (χ0v) is 15.2. The lowest BCUT2D eigenvalue weighted by Gasteiger charge is -2.13. The van der Waals surface area contributed by atoms with E-state index in [1.165, 1.54) is 0 Å². The number of hydrogen-bond acceptors (Lipinski definition) is 4. The van der Waals surface area contributed by atoms with Gasteiger partial charge in [-0.05, 0) is 41.8 Å². The highest BCUT2D eigenvalue weighted by atomic mass is 16.3. The first-order valence-electron chi connectivity index (χ1n) is 8.72. The molecule has 3 rings (SSSR count). The summed E-state index contributed by atoms with van der Waals surface area (Å²) in [5, 5.41) is 5.59. The molecule has 0 unspecified atom stereocenters. The molecule has 2 N–H and O–H groups in total. The molecule has 0 radical (unpaired) electrons. The van der Waals surface area contributed by atoms with Crippen molar-refractivity contribution in [3.05, 3.63) is 83.6 Å². The number of nitrogens with zero attached hydrogens (tertiary/aromatic N) is 1. The van der Waals surface area contributed by atoms with E-state index in [-0.39, 0.29) is 35.7 Å². The Hall–Kier alpha value is -3.41. The minimum absolute atomic E-state index is 0.173. The number of hydrogen-bond donors (Lipinski definition) is 2. The lowest BCUT2D eigenvalue weighted by atomic mass is 10.0. The van der Waals surface area contributed by atoms with Gasteiger partial charge in [-0.2, -0.15) is 0 Å². The minimum atomic E-state index is -0.372. The molecule has 2 heterocycles. The molecule has 27 heavy (non-hydrogen) atoms. The van der Waals surface area contributed by atoms with Crippen molar-refractivity contribution in [3.8, 4) is 0 Å². The quantitative estimate of drug-likeness (QED) is 0.694. The molecular weight excluding hydrogens is 342 g/mol. The van der Waals surface area contributed by atoms with Crippen molar-refractivity contribution in [2.75, 3.05) is 5.32 Å². The lowest BCUT2D eigenvalue weighted by Crippen LogP contribution is -2.25. The first kappa shape index (κ1) is 18.4. The van der Waals surface area contributed by atoms with Gasteiger partial charge in [0.1, 0.15) is 17.1 Å². The summed E-state index contributed by atoms with van der Waals surface area (Å²) in [5.41, 5.74) is 2.13. The third-order valence-electron chi connectivity index (χ3n) is 4.05. The van der Waals surface area contributed by atoms with Crippen LogP contribution < -0.4 is 10.6 Å². The molecule has 0 aliphatic rings. The van der Waals surface area contributed by atoms with Crippen LogP contribution in [0.3, 0.4) is 0 Å². The molecular formula is C21H21N3O3. The zero-order valence-electron chi connectivity index (χ0n) is 15.2. The maximum Gasteiger partial charge on any atom is 0.274 e. The first-order chi connectivity index (χ1) is 13.0. The van der Waals surface area contributed by atoms with Gasteiger partial charge in [-0.25, -0.2) is 4.98 Å². The van der Waals surface area contributed by atoms with Gasteiger partial charge in [0, 0.05) is 5.69 Å². The van der Waals surface area contributed by atoms with Crippen molar-refractivity contribution >= 4 is 17.5 Å². The van der Waals surface area contributed by atoms with Crippen LogP contribution in [0.25, 0.3) is 0 Å². The number of rotatable bonds is 6. The van der Waals surface area contributed by atoms with Crippen molar-refractivity contribution in [2.45, 2.75) is 26.3 Å². The Balaban J connectivity index is 1.71. The van der Waals surface area contributed by atoms with E-state index in [4.69, 9.17) is 4.42 Å².